The van der Waals surface area contributed by atoms with Crippen LogP contribution in [0.1, 0.15) is 18.4 Å². The molecule has 0 amide bonds. The lowest BCUT2D eigenvalue weighted by Crippen LogP contribution is -2.23. The third-order valence-corrected chi connectivity index (χ3v) is 3.28. The van der Waals surface area contributed by atoms with Crippen LogP contribution in [0.5, 0.6) is 0 Å². The maximum absolute atomic E-state index is 11.5. The molecule has 23 heavy (non-hydrogen) atoms. The number of halogens is 1. The van der Waals surface area contributed by atoms with Crippen molar-refractivity contribution < 1.29 is 0 Å². The summed E-state index contributed by atoms with van der Waals surface area (Å²) in [6, 6.07) is 13.2. The summed E-state index contributed by atoms with van der Waals surface area (Å²) in [5, 5.41) is 3.07. The number of nitrogens with zero attached hydrogens (tertiary/aromatic N) is 2. The van der Waals surface area contributed by atoms with Crippen molar-refractivity contribution >= 4 is 35.6 Å². The van der Waals surface area contributed by atoms with Gasteiger partial charge in [-0.25, -0.2) is 0 Å². The predicted molar refractivity (Wildman–Crippen MR) is 107 cm³/mol. The van der Waals surface area contributed by atoms with Crippen LogP contribution in [-0.4, -0.2) is 17.1 Å². The van der Waals surface area contributed by atoms with Crippen LogP contribution < -0.4 is 16.6 Å². The van der Waals surface area contributed by atoms with E-state index < -0.39 is 0 Å². The Bertz CT molecular complexity index is 697. The zero-order valence-corrected chi connectivity index (χ0v) is 15.6. The van der Waals surface area contributed by atoms with Gasteiger partial charge in [0.15, 0.2) is 5.96 Å². The van der Waals surface area contributed by atoms with Gasteiger partial charge in [0.2, 0.25) is 5.56 Å². The molecule has 0 fully saturated rings. The minimum Gasteiger partial charge on any atom is -0.370 e. The molecule has 6 heteroatoms. The summed E-state index contributed by atoms with van der Waals surface area (Å²) in [7, 11) is 0. The Morgan fingerprint density at radius 3 is 2.78 bits per heavy atom. The average molecular weight is 426 g/mol. The molecule has 0 atom stereocenters. The van der Waals surface area contributed by atoms with E-state index in [2.05, 4.69) is 10.3 Å². The number of unbranched alkanes of at least 4 members (excludes halogenated alkanes) is 1. The molecule has 0 radical (unpaired) electrons. The van der Waals surface area contributed by atoms with Crippen LogP contribution >= 0.6 is 24.0 Å². The first-order chi connectivity index (χ1) is 10.6. The van der Waals surface area contributed by atoms with Gasteiger partial charge in [-0.15, -0.1) is 24.0 Å². The van der Waals surface area contributed by atoms with Gasteiger partial charge in [0, 0.05) is 31.0 Å². The predicted octanol–water partition coefficient (Wildman–Crippen LogP) is 2.98. The van der Waals surface area contributed by atoms with Crippen LogP contribution in [0.25, 0.3) is 0 Å². The highest BCUT2D eigenvalue weighted by Crippen LogP contribution is 2.08. The molecule has 124 valence electrons. The Kier molecular flexibility index (Phi) is 8.39. The molecule has 2 aromatic rings. The fourth-order valence-electron chi connectivity index (χ4n) is 2.15. The van der Waals surface area contributed by atoms with E-state index in [4.69, 9.17) is 5.73 Å². The molecular formula is C17H23IN4O. The van der Waals surface area contributed by atoms with Crippen LogP contribution in [0.4, 0.5) is 5.69 Å². The number of aromatic nitrogens is 1. The SMILES string of the molecule is Cc1cccc(NC(N)=NCCCCn2ccccc2=O)c1.I. The smallest absolute Gasteiger partial charge is 0.250 e. The second-order valence-corrected chi connectivity index (χ2v) is 5.20. The first kappa shape index (κ1) is 19.2. The third kappa shape index (κ3) is 6.85. The number of nitrogens with one attached hydrogen (secondary N) is 1. The van der Waals surface area contributed by atoms with Crippen molar-refractivity contribution in [2.24, 2.45) is 10.7 Å². The number of nitrogens with two attached hydrogens (primary N) is 1. The Morgan fingerprint density at radius 1 is 1.22 bits per heavy atom. The van der Waals surface area contributed by atoms with Crippen LogP contribution in [0.15, 0.2) is 58.4 Å². The lowest BCUT2D eigenvalue weighted by atomic mass is 10.2. The monoisotopic (exact) mass is 426 g/mol. The highest BCUT2D eigenvalue weighted by Gasteiger charge is 1.96. The molecule has 0 bridgehead atoms. The fourth-order valence-corrected chi connectivity index (χ4v) is 2.15. The summed E-state index contributed by atoms with van der Waals surface area (Å²) in [5.41, 5.74) is 8.00. The number of hydrogen-bond acceptors (Lipinski definition) is 2. The van der Waals surface area contributed by atoms with Crippen molar-refractivity contribution in [3.8, 4) is 0 Å². The van der Waals surface area contributed by atoms with E-state index in [1.54, 1.807) is 22.9 Å². The third-order valence-electron chi connectivity index (χ3n) is 3.28. The molecule has 1 aromatic carbocycles. The summed E-state index contributed by atoms with van der Waals surface area (Å²) < 4.78 is 1.71. The maximum Gasteiger partial charge on any atom is 0.250 e. The quantitative estimate of drug-likeness (QED) is 0.323. The summed E-state index contributed by atoms with van der Waals surface area (Å²) >= 11 is 0. The molecule has 1 heterocycles. The van der Waals surface area contributed by atoms with Gasteiger partial charge in [-0.3, -0.25) is 9.79 Å². The molecule has 0 saturated heterocycles. The van der Waals surface area contributed by atoms with Crippen LogP contribution in [0, 0.1) is 6.92 Å². The number of aliphatic imine (C=N–C) groups is 1. The summed E-state index contributed by atoms with van der Waals surface area (Å²) in [6.45, 7) is 3.39. The minimum absolute atomic E-state index is 0. The first-order valence-electron chi connectivity index (χ1n) is 7.44. The molecular weight excluding hydrogens is 403 g/mol. The molecule has 0 spiro atoms. The van der Waals surface area contributed by atoms with Crippen molar-refractivity contribution in [3.63, 3.8) is 0 Å². The Labute approximate surface area is 153 Å². The van der Waals surface area contributed by atoms with Gasteiger partial charge in [-0.2, -0.15) is 0 Å². The van der Waals surface area contributed by atoms with E-state index in [1.165, 1.54) is 5.56 Å². The van der Waals surface area contributed by atoms with Crippen molar-refractivity contribution in [1.82, 2.24) is 4.57 Å². The van der Waals surface area contributed by atoms with Gasteiger partial charge in [0.05, 0.1) is 0 Å². The summed E-state index contributed by atoms with van der Waals surface area (Å²) in [6.07, 6.45) is 3.59. The molecule has 0 aliphatic carbocycles. The molecule has 2 rings (SSSR count). The molecule has 0 unspecified atom stereocenters. The Balaban J connectivity index is 0.00000264. The fraction of sp³-hybridized carbons (Fsp3) is 0.294. The average Bonchev–Trinajstić information content (AvgIpc) is 2.48. The van der Waals surface area contributed by atoms with E-state index in [1.807, 2.05) is 37.3 Å². The number of aryl methyl sites for hydroxylation is 2. The number of pyridine rings is 1. The van der Waals surface area contributed by atoms with E-state index in [0.717, 1.165) is 18.5 Å². The molecule has 0 aliphatic heterocycles. The highest BCUT2D eigenvalue weighted by atomic mass is 127. The van der Waals surface area contributed by atoms with Crippen molar-refractivity contribution in [1.29, 1.82) is 0 Å². The molecule has 5 nitrogen and oxygen atoms in total. The number of hydrogen-bond donors (Lipinski definition) is 2. The Morgan fingerprint density at radius 2 is 2.04 bits per heavy atom. The number of benzene rings is 1. The number of anilines is 1. The van der Waals surface area contributed by atoms with E-state index in [9.17, 15) is 4.79 Å². The van der Waals surface area contributed by atoms with Gasteiger partial charge in [-0.05, 0) is 43.5 Å². The van der Waals surface area contributed by atoms with Gasteiger partial charge in [0.25, 0.3) is 0 Å². The number of guanidine groups is 1. The van der Waals surface area contributed by atoms with Crippen molar-refractivity contribution in [3.05, 3.63) is 64.6 Å². The first-order valence-corrected chi connectivity index (χ1v) is 7.44. The number of rotatable bonds is 6. The standard InChI is InChI=1S/C17H22N4O.HI/c1-14-7-6-8-15(13-14)20-17(18)19-10-3-5-12-21-11-4-2-9-16(21)22;/h2,4,6-9,11,13H,3,5,10,12H2,1H3,(H3,18,19,20);1H. The second kappa shape index (κ2) is 10.0. The molecule has 3 N–H and O–H groups in total. The lowest BCUT2D eigenvalue weighted by Gasteiger charge is -2.07. The topological polar surface area (TPSA) is 72.4 Å². The van der Waals surface area contributed by atoms with E-state index in [0.29, 0.717) is 19.0 Å². The normalized spacial score (nSPS) is 10.9. The summed E-state index contributed by atoms with van der Waals surface area (Å²) in [4.78, 5) is 15.8. The zero-order chi connectivity index (χ0) is 15.8. The maximum atomic E-state index is 11.5. The van der Waals surface area contributed by atoms with Gasteiger partial charge >= 0.3 is 0 Å². The van der Waals surface area contributed by atoms with Crippen molar-refractivity contribution in [2.75, 3.05) is 11.9 Å². The summed E-state index contributed by atoms with van der Waals surface area (Å²) in [5.74, 6) is 0.419. The van der Waals surface area contributed by atoms with Gasteiger partial charge in [0.1, 0.15) is 0 Å². The molecule has 1 aromatic heterocycles. The molecule has 0 saturated carbocycles. The zero-order valence-electron chi connectivity index (χ0n) is 13.2. The largest absolute Gasteiger partial charge is 0.370 e. The van der Waals surface area contributed by atoms with Crippen LogP contribution in [0.2, 0.25) is 0 Å². The van der Waals surface area contributed by atoms with Crippen LogP contribution in [-0.2, 0) is 6.54 Å². The van der Waals surface area contributed by atoms with Gasteiger partial charge < -0.3 is 15.6 Å². The van der Waals surface area contributed by atoms with Crippen LogP contribution in [0.3, 0.4) is 0 Å². The Hall–Kier alpha value is -1.83. The minimum atomic E-state index is 0. The highest BCUT2D eigenvalue weighted by molar-refractivity contribution is 14.0. The van der Waals surface area contributed by atoms with Crippen molar-refractivity contribution in [2.45, 2.75) is 26.3 Å². The second-order valence-electron chi connectivity index (χ2n) is 5.20. The van der Waals surface area contributed by atoms with E-state index in [-0.39, 0.29) is 29.5 Å². The lowest BCUT2D eigenvalue weighted by molar-refractivity contribution is 0.599. The van der Waals surface area contributed by atoms with E-state index >= 15 is 0 Å². The van der Waals surface area contributed by atoms with Gasteiger partial charge in [-0.1, -0.05) is 18.2 Å². The molecule has 0 aliphatic rings.